The number of phenols is 1. The van der Waals surface area contributed by atoms with Gasteiger partial charge in [-0.15, -0.1) is 0 Å². The fraction of sp³-hybridized carbons (Fsp3) is 0. The fourth-order valence-corrected chi connectivity index (χ4v) is 0.972. The average molecular weight is 212 g/mol. The molecule has 0 radical (unpaired) electrons. The molecule has 0 bridgehead atoms. The van der Waals surface area contributed by atoms with E-state index in [9.17, 15) is 25.0 Å². The van der Waals surface area contributed by atoms with Gasteiger partial charge in [0.1, 0.15) is 0 Å². The van der Waals surface area contributed by atoms with Crippen LogP contribution in [0.2, 0.25) is 0 Å². The molecule has 0 saturated carbocycles. The van der Waals surface area contributed by atoms with Gasteiger partial charge in [0.15, 0.2) is 6.29 Å². The van der Waals surface area contributed by atoms with Gasteiger partial charge in [-0.3, -0.25) is 25.0 Å². The maximum absolute atomic E-state index is 10.4. The number of carbonyl (C=O) groups is 1. The zero-order valence-corrected chi connectivity index (χ0v) is 7.11. The molecule has 8 heteroatoms. The summed E-state index contributed by atoms with van der Waals surface area (Å²) in [5.41, 5.74) is -1.98. The van der Waals surface area contributed by atoms with Crippen LogP contribution >= 0.6 is 0 Å². The molecule has 0 aliphatic carbocycles. The van der Waals surface area contributed by atoms with Gasteiger partial charge < -0.3 is 5.11 Å². The number of carbonyl (C=O) groups excluding carboxylic acids is 1. The minimum atomic E-state index is -1.06. The topological polar surface area (TPSA) is 124 Å². The summed E-state index contributed by atoms with van der Waals surface area (Å²) >= 11 is 0. The summed E-state index contributed by atoms with van der Waals surface area (Å²) in [7, 11) is 0. The summed E-state index contributed by atoms with van der Waals surface area (Å²) in [5.74, 6) is -1.06. The van der Waals surface area contributed by atoms with Crippen molar-refractivity contribution in [2.24, 2.45) is 0 Å². The number of nitro groups is 2. The second kappa shape index (κ2) is 3.70. The fourth-order valence-electron chi connectivity index (χ4n) is 0.972. The number of nitrogens with zero attached hydrogens (tertiary/aromatic N) is 2. The Kier molecular flexibility index (Phi) is 2.61. The molecule has 1 rings (SSSR count). The zero-order chi connectivity index (χ0) is 11.6. The zero-order valence-electron chi connectivity index (χ0n) is 7.11. The Morgan fingerprint density at radius 2 is 1.53 bits per heavy atom. The molecule has 0 unspecified atom stereocenters. The van der Waals surface area contributed by atoms with E-state index in [4.69, 9.17) is 5.11 Å². The first-order valence-electron chi connectivity index (χ1n) is 3.58. The molecule has 1 N–H and O–H groups in total. The molecule has 8 nitrogen and oxygen atoms in total. The predicted molar refractivity (Wildman–Crippen MR) is 46.8 cm³/mol. The van der Waals surface area contributed by atoms with Crippen LogP contribution in [0.5, 0.6) is 5.75 Å². The largest absolute Gasteiger partial charge is 0.497 e. The highest BCUT2D eigenvalue weighted by atomic mass is 16.6. The lowest BCUT2D eigenvalue weighted by Gasteiger charge is -1.98. The number of nitro benzene ring substituents is 2. The van der Waals surface area contributed by atoms with Gasteiger partial charge in [-0.05, 0) is 0 Å². The lowest BCUT2D eigenvalue weighted by Crippen LogP contribution is -1.96. The van der Waals surface area contributed by atoms with Gasteiger partial charge in [0.05, 0.1) is 9.85 Å². The standard InChI is InChI=1S/C7H4N2O6/c10-3-4-1-5(8(12)13)7(11)6(2-4)9(14)15/h1-3,11H. The minimum Gasteiger partial charge on any atom is -0.497 e. The van der Waals surface area contributed by atoms with Crippen molar-refractivity contribution in [3.8, 4) is 5.75 Å². The normalized spacial score (nSPS) is 9.60. The van der Waals surface area contributed by atoms with Gasteiger partial charge in [0.25, 0.3) is 5.75 Å². The first-order valence-corrected chi connectivity index (χ1v) is 3.58. The molecule has 1 aromatic carbocycles. The van der Waals surface area contributed by atoms with Crippen molar-refractivity contribution >= 4 is 17.7 Å². The van der Waals surface area contributed by atoms with Crippen LogP contribution in [-0.4, -0.2) is 21.2 Å². The van der Waals surface area contributed by atoms with Crippen LogP contribution in [0.4, 0.5) is 11.4 Å². The highest BCUT2D eigenvalue weighted by molar-refractivity contribution is 5.80. The Hall–Kier alpha value is -2.51. The Morgan fingerprint density at radius 1 is 1.13 bits per heavy atom. The number of hydrogen-bond acceptors (Lipinski definition) is 6. The van der Waals surface area contributed by atoms with E-state index in [2.05, 4.69) is 0 Å². The number of phenolic OH excluding ortho intramolecular Hbond substituents is 1. The molecule has 0 aromatic heterocycles. The summed E-state index contributed by atoms with van der Waals surface area (Å²) in [4.78, 5) is 29.1. The summed E-state index contributed by atoms with van der Waals surface area (Å²) in [5, 5.41) is 29.9. The molecular formula is C7H4N2O6. The molecule has 0 spiro atoms. The Labute approximate surface area is 82.1 Å². The summed E-state index contributed by atoms with van der Waals surface area (Å²) in [6, 6.07) is 1.52. The maximum Gasteiger partial charge on any atom is 0.318 e. The summed E-state index contributed by atoms with van der Waals surface area (Å²) in [6.07, 6.45) is 0.222. The van der Waals surface area contributed by atoms with E-state index < -0.39 is 27.0 Å². The van der Waals surface area contributed by atoms with Crippen molar-refractivity contribution in [3.63, 3.8) is 0 Å². The van der Waals surface area contributed by atoms with E-state index >= 15 is 0 Å². The third-order valence-electron chi connectivity index (χ3n) is 1.62. The van der Waals surface area contributed by atoms with Crippen molar-refractivity contribution in [3.05, 3.63) is 37.9 Å². The van der Waals surface area contributed by atoms with E-state index in [1.165, 1.54) is 0 Å². The first kappa shape index (κ1) is 10.6. The SMILES string of the molecule is O=Cc1cc([N+](=O)[O-])c(O)c([N+](=O)[O-])c1. The highest BCUT2D eigenvalue weighted by Gasteiger charge is 2.25. The lowest BCUT2D eigenvalue weighted by atomic mass is 10.1. The molecule has 78 valence electrons. The molecule has 0 fully saturated rings. The molecular weight excluding hydrogens is 208 g/mol. The van der Waals surface area contributed by atoms with Crippen LogP contribution in [0.3, 0.4) is 0 Å². The van der Waals surface area contributed by atoms with Gasteiger partial charge in [-0.2, -0.15) is 0 Å². The number of aromatic hydroxyl groups is 1. The number of rotatable bonds is 3. The monoisotopic (exact) mass is 212 g/mol. The van der Waals surface area contributed by atoms with Crippen molar-refractivity contribution in [2.75, 3.05) is 0 Å². The quantitative estimate of drug-likeness (QED) is 0.453. The molecule has 0 atom stereocenters. The van der Waals surface area contributed by atoms with Crippen LogP contribution in [-0.2, 0) is 0 Å². The van der Waals surface area contributed by atoms with Crippen LogP contribution in [0.15, 0.2) is 12.1 Å². The van der Waals surface area contributed by atoms with Gasteiger partial charge in [0.2, 0.25) is 0 Å². The molecule has 1 aromatic rings. The summed E-state index contributed by atoms with van der Waals surface area (Å²) in [6.45, 7) is 0. The maximum atomic E-state index is 10.4. The lowest BCUT2D eigenvalue weighted by molar-refractivity contribution is -0.396. The van der Waals surface area contributed by atoms with Crippen molar-refractivity contribution in [2.45, 2.75) is 0 Å². The van der Waals surface area contributed by atoms with E-state index in [0.717, 1.165) is 12.1 Å². The molecule has 15 heavy (non-hydrogen) atoms. The molecule has 0 aliphatic rings. The number of benzene rings is 1. The molecule has 0 amide bonds. The van der Waals surface area contributed by atoms with E-state index in [-0.39, 0.29) is 11.8 Å². The number of hydrogen-bond donors (Lipinski definition) is 1. The Morgan fingerprint density at radius 3 is 1.80 bits per heavy atom. The smallest absolute Gasteiger partial charge is 0.318 e. The second-order valence-electron chi connectivity index (χ2n) is 2.54. The number of aldehydes is 1. The van der Waals surface area contributed by atoms with Crippen molar-refractivity contribution in [1.29, 1.82) is 0 Å². The Bertz CT molecular complexity index is 420. The van der Waals surface area contributed by atoms with Crippen molar-refractivity contribution < 1.29 is 19.7 Å². The molecule has 0 aliphatic heterocycles. The Balaban J connectivity index is 3.53. The van der Waals surface area contributed by atoms with Crippen molar-refractivity contribution in [1.82, 2.24) is 0 Å². The third kappa shape index (κ3) is 1.88. The van der Waals surface area contributed by atoms with E-state index in [1.54, 1.807) is 0 Å². The first-order chi connectivity index (χ1) is 6.97. The van der Waals surface area contributed by atoms with Gasteiger partial charge in [-0.1, -0.05) is 0 Å². The van der Waals surface area contributed by atoms with Crippen LogP contribution in [0.1, 0.15) is 10.4 Å². The van der Waals surface area contributed by atoms with Crippen LogP contribution in [0, 0.1) is 20.2 Å². The van der Waals surface area contributed by atoms with E-state index in [0.29, 0.717) is 0 Å². The highest BCUT2D eigenvalue weighted by Crippen LogP contribution is 2.36. The van der Waals surface area contributed by atoms with Gasteiger partial charge in [-0.25, -0.2) is 0 Å². The van der Waals surface area contributed by atoms with Gasteiger partial charge >= 0.3 is 11.4 Å². The van der Waals surface area contributed by atoms with Crippen LogP contribution in [0.25, 0.3) is 0 Å². The van der Waals surface area contributed by atoms with Gasteiger partial charge in [0, 0.05) is 17.7 Å². The molecule has 0 saturated heterocycles. The van der Waals surface area contributed by atoms with E-state index in [1.807, 2.05) is 0 Å². The average Bonchev–Trinajstić information content (AvgIpc) is 2.17. The molecule has 0 heterocycles. The minimum absolute atomic E-state index is 0.222. The third-order valence-corrected chi connectivity index (χ3v) is 1.62. The van der Waals surface area contributed by atoms with Crippen LogP contribution < -0.4 is 0 Å². The summed E-state index contributed by atoms with van der Waals surface area (Å²) < 4.78 is 0. The predicted octanol–water partition coefficient (Wildman–Crippen LogP) is 1.02. The second-order valence-corrected chi connectivity index (χ2v) is 2.54.